The second-order valence-electron chi connectivity index (χ2n) is 13.4. The second kappa shape index (κ2) is 14.0. The molecule has 1 aromatic heterocycles. The lowest BCUT2D eigenvalue weighted by Gasteiger charge is -2.25. The molecular formula is C36H47N5O5S. The first-order valence-corrected chi connectivity index (χ1v) is 18.1. The van der Waals surface area contributed by atoms with E-state index < -0.39 is 15.6 Å². The molecule has 1 N–H and O–H groups in total. The van der Waals surface area contributed by atoms with Crippen LogP contribution in [0.4, 0.5) is 5.88 Å². The number of aromatic nitrogens is 1. The maximum absolute atomic E-state index is 13.9. The van der Waals surface area contributed by atoms with Crippen molar-refractivity contribution in [2.45, 2.75) is 110 Å². The van der Waals surface area contributed by atoms with Crippen LogP contribution in [0.1, 0.15) is 94.5 Å². The smallest absolute Gasteiger partial charge is 0.264 e. The lowest BCUT2D eigenvalue weighted by molar-refractivity contribution is -0.132. The molecule has 3 aromatic rings. The van der Waals surface area contributed by atoms with Gasteiger partial charge >= 0.3 is 0 Å². The number of benzene rings is 2. The van der Waals surface area contributed by atoms with Gasteiger partial charge in [-0.1, -0.05) is 81.6 Å². The Bertz CT molecular complexity index is 1770. The Morgan fingerprint density at radius 2 is 1.83 bits per heavy atom. The van der Waals surface area contributed by atoms with Crippen molar-refractivity contribution in [2.75, 3.05) is 11.8 Å². The Morgan fingerprint density at radius 1 is 1.11 bits per heavy atom. The van der Waals surface area contributed by atoms with E-state index in [0.717, 1.165) is 61.9 Å². The molecule has 1 aliphatic heterocycles. The largest absolute Gasteiger partial charge is 0.341 e. The lowest BCUT2D eigenvalue weighted by Crippen LogP contribution is -2.40. The van der Waals surface area contributed by atoms with Gasteiger partial charge in [0.2, 0.25) is 11.8 Å². The van der Waals surface area contributed by atoms with Gasteiger partial charge in [-0.3, -0.25) is 19.5 Å². The van der Waals surface area contributed by atoms with Crippen molar-refractivity contribution in [1.29, 1.82) is 0 Å². The van der Waals surface area contributed by atoms with Crippen molar-refractivity contribution in [2.24, 2.45) is 10.9 Å². The van der Waals surface area contributed by atoms with Gasteiger partial charge in [-0.25, -0.2) is 13.1 Å². The number of amidine groups is 1. The maximum Gasteiger partial charge on any atom is 0.264 e. The second-order valence-corrected chi connectivity index (χ2v) is 15.1. The summed E-state index contributed by atoms with van der Waals surface area (Å²) in [4.78, 5) is 35.6. The predicted molar refractivity (Wildman–Crippen MR) is 183 cm³/mol. The zero-order valence-electron chi connectivity index (χ0n) is 28.4. The number of amides is 2. The molecule has 1 spiro atoms. The van der Waals surface area contributed by atoms with E-state index in [4.69, 9.17) is 9.52 Å². The first-order chi connectivity index (χ1) is 22.3. The molecule has 2 aliphatic rings. The van der Waals surface area contributed by atoms with Crippen LogP contribution < -0.4 is 4.72 Å². The van der Waals surface area contributed by atoms with Gasteiger partial charge < -0.3 is 9.42 Å². The minimum Gasteiger partial charge on any atom is -0.341 e. The first-order valence-electron chi connectivity index (χ1n) is 16.7. The highest BCUT2D eigenvalue weighted by Gasteiger charge is 2.49. The average Bonchev–Trinajstić information content (AvgIpc) is 3.71. The molecule has 1 fully saturated rings. The number of hydrogen-bond acceptors (Lipinski definition) is 7. The Morgan fingerprint density at radius 3 is 2.49 bits per heavy atom. The highest BCUT2D eigenvalue weighted by atomic mass is 32.2. The zero-order valence-corrected chi connectivity index (χ0v) is 29.2. The first kappa shape index (κ1) is 34.3. The standard InChI is InChI=1S/C36H47N5O5S/c1-7-8-15-32-37-36(18-11-12-19-36)35(43)41(32)22-27-16-17-29(28(21-27)23-40(6)33(42)20-24(2)3)30-13-9-10-14-31(30)47(44,45)39-34-25(4)26(5)38-46-34/h9-10,13-14,16-17,21,24,39H,7-8,11-12,15,18-20,22-23H2,1-6H3. The van der Waals surface area contributed by atoms with Crippen molar-refractivity contribution in [3.63, 3.8) is 0 Å². The molecule has 2 amide bonds. The van der Waals surface area contributed by atoms with Gasteiger partial charge in [-0.2, -0.15) is 0 Å². The number of carbonyl (C=O) groups is 2. The number of anilines is 1. The normalized spacial score (nSPS) is 15.9. The quantitative estimate of drug-likeness (QED) is 0.210. The Hall–Kier alpha value is -3.99. The molecule has 0 unspecified atom stereocenters. The van der Waals surface area contributed by atoms with Gasteiger partial charge in [0.15, 0.2) is 0 Å². The summed E-state index contributed by atoms with van der Waals surface area (Å²) < 4.78 is 35.4. The molecule has 1 aliphatic carbocycles. The van der Waals surface area contributed by atoms with E-state index in [1.165, 1.54) is 0 Å². The number of aryl methyl sites for hydroxylation is 1. The fraction of sp³-hybridized carbons (Fsp3) is 0.500. The van der Waals surface area contributed by atoms with Crippen LogP contribution in [0.25, 0.3) is 11.1 Å². The summed E-state index contributed by atoms with van der Waals surface area (Å²) in [5, 5.41) is 3.88. The maximum atomic E-state index is 13.9. The van der Waals surface area contributed by atoms with Gasteiger partial charge in [0.1, 0.15) is 11.4 Å². The minimum absolute atomic E-state index is 0.00183. The number of nitrogens with zero attached hydrogens (tertiary/aromatic N) is 4. The van der Waals surface area contributed by atoms with Gasteiger partial charge in [0.25, 0.3) is 15.9 Å². The van der Waals surface area contributed by atoms with Crippen molar-refractivity contribution < 1.29 is 22.5 Å². The Kier molecular flexibility index (Phi) is 10.2. The molecular weight excluding hydrogens is 614 g/mol. The zero-order chi connectivity index (χ0) is 33.9. The van der Waals surface area contributed by atoms with Crippen LogP contribution in [-0.4, -0.2) is 53.6 Å². The summed E-state index contributed by atoms with van der Waals surface area (Å²) in [7, 11) is -2.31. The summed E-state index contributed by atoms with van der Waals surface area (Å²) >= 11 is 0. The van der Waals surface area contributed by atoms with Crippen LogP contribution in [0.5, 0.6) is 0 Å². The Balaban J connectivity index is 1.54. The molecule has 1 saturated carbocycles. The highest BCUT2D eigenvalue weighted by molar-refractivity contribution is 7.92. The van der Waals surface area contributed by atoms with E-state index in [1.807, 2.05) is 36.9 Å². The van der Waals surface area contributed by atoms with Crippen LogP contribution in [0.15, 0.2) is 56.9 Å². The monoisotopic (exact) mass is 661 g/mol. The minimum atomic E-state index is -4.08. The fourth-order valence-electron chi connectivity index (χ4n) is 6.48. The van der Waals surface area contributed by atoms with E-state index in [0.29, 0.717) is 35.3 Å². The van der Waals surface area contributed by atoms with E-state index >= 15 is 0 Å². The van der Waals surface area contributed by atoms with Crippen molar-refractivity contribution in [3.05, 3.63) is 64.8 Å². The molecule has 11 heteroatoms. The number of sulfonamides is 1. The van der Waals surface area contributed by atoms with E-state index in [2.05, 4.69) is 16.8 Å². The third-order valence-corrected chi connectivity index (χ3v) is 10.6. The van der Waals surface area contributed by atoms with Gasteiger partial charge in [-0.05, 0) is 61.8 Å². The van der Waals surface area contributed by atoms with Crippen LogP contribution in [0, 0.1) is 19.8 Å². The third kappa shape index (κ3) is 7.30. The summed E-state index contributed by atoms with van der Waals surface area (Å²) in [6.07, 6.45) is 6.71. The molecule has 0 saturated heterocycles. The molecule has 0 radical (unpaired) electrons. The summed E-state index contributed by atoms with van der Waals surface area (Å²) in [5.74, 6) is 1.20. The molecule has 252 valence electrons. The number of nitrogens with one attached hydrogen (secondary N) is 1. The number of aliphatic imine (C=N–C) groups is 1. The lowest BCUT2D eigenvalue weighted by atomic mass is 9.95. The Labute approximate surface area is 278 Å². The van der Waals surface area contributed by atoms with Crippen molar-refractivity contribution in [3.8, 4) is 11.1 Å². The van der Waals surface area contributed by atoms with Crippen molar-refractivity contribution >= 4 is 33.6 Å². The third-order valence-electron chi connectivity index (χ3n) is 9.26. The average molecular weight is 662 g/mol. The molecule has 10 nitrogen and oxygen atoms in total. The fourth-order valence-corrected chi connectivity index (χ4v) is 7.75. The summed E-state index contributed by atoms with van der Waals surface area (Å²) in [6, 6.07) is 12.6. The van der Waals surface area contributed by atoms with E-state index in [9.17, 15) is 18.0 Å². The van der Waals surface area contributed by atoms with Crippen LogP contribution in [0.3, 0.4) is 0 Å². The predicted octanol–water partition coefficient (Wildman–Crippen LogP) is 7.01. The molecule has 2 heterocycles. The van der Waals surface area contributed by atoms with Crippen LogP contribution in [0.2, 0.25) is 0 Å². The molecule has 0 bridgehead atoms. The van der Waals surface area contributed by atoms with Gasteiger partial charge in [-0.15, -0.1) is 0 Å². The number of rotatable bonds is 13. The van der Waals surface area contributed by atoms with E-state index in [1.54, 1.807) is 50.1 Å². The highest BCUT2D eigenvalue weighted by Crippen LogP contribution is 2.40. The molecule has 0 atom stereocenters. The number of carbonyl (C=O) groups excluding carboxylic acids is 2. The topological polar surface area (TPSA) is 125 Å². The van der Waals surface area contributed by atoms with E-state index in [-0.39, 0.29) is 35.1 Å². The van der Waals surface area contributed by atoms with Crippen molar-refractivity contribution in [1.82, 2.24) is 15.0 Å². The van der Waals surface area contributed by atoms with Gasteiger partial charge in [0, 0.05) is 37.6 Å². The van der Waals surface area contributed by atoms with Crippen LogP contribution >= 0.6 is 0 Å². The number of hydrogen-bond donors (Lipinski definition) is 1. The van der Waals surface area contributed by atoms with Gasteiger partial charge in [0.05, 0.1) is 17.1 Å². The number of unbranched alkanes of at least 4 members (excludes halogenated alkanes) is 1. The summed E-state index contributed by atoms with van der Waals surface area (Å²) in [5.41, 5.74) is 3.44. The SMILES string of the molecule is CCCCC1=NC2(CCCC2)C(=O)N1Cc1ccc(-c2ccccc2S(=O)(=O)Nc2onc(C)c2C)c(CN(C)C(=O)CC(C)C)c1. The van der Waals surface area contributed by atoms with Crippen LogP contribution in [-0.2, 0) is 32.7 Å². The molecule has 47 heavy (non-hydrogen) atoms. The molecule has 2 aromatic carbocycles. The summed E-state index contributed by atoms with van der Waals surface area (Å²) in [6.45, 7) is 10.3. The molecule has 5 rings (SSSR count).